The fourth-order valence-corrected chi connectivity index (χ4v) is 1.59. The number of hydrogen-bond donors (Lipinski definition) is 0. The lowest BCUT2D eigenvalue weighted by atomic mass is 10.2. The van der Waals surface area contributed by atoms with E-state index in [0.29, 0.717) is 0 Å². The molecule has 1 atom stereocenters. The van der Waals surface area contributed by atoms with Crippen LogP contribution in [0.3, 0.4) is 0 Å². The summed E-state index contributed by atoms with van der Waals surface area (Å²) in [4.78, 5) is 12.7. The normalized spacial score (nSPS) is 10.9. The third-order valence-corrected chi connectivity index (χ3v) is 2.64. The largest absolute Gasteiger partial charge is 0.457 e. The first-order valence-corrected chi connectivity index (χ1v) is 8.75. The van der Waals surface area contributed by atoms with Gasteiger partial charge >= 0.3 is 5.97 Å². The van der Waals surface area contributed by atoms with Crippen LogP contribution in [0, 0.1) is 0 Å². The van der Waals surface area contributed by atoms with Crippen LogP contribution in [0.2, 0.25) is 0 Å². The molecule has 1 aromatic rings. The molecule has 0 aliphatic rings. The fourth-order valence-electron chi connectivity index (χ4n) is 1.12. The molecule has 0 aliphatic heterocycles. The molecule has 0 N–H and O–H groups in total. The average Bonchev–Trinajstić information content (AvgIpc) is 2.37. The van der Waals surface area contributed by atoms with Crippen molar-refractivity contribution < 1.29 is 9.53 Å². The fraction of sp³-hybridized carbons (Fsp3) is 0.357. The summed E-state index contributed by atoms with van der Waals surface area (Å²) in [6.45, 7) is 1.43. The molecule has 0 fully saturated rings. The van der Waals surface area contributed by atoms with Gasteiger partial charge in [-0.3, -0.25) is 4.79 Å². The second-order valence-electron chi connectivity index (χ2n) is 3.07. The Labute approximate surface area is 137 Å². The lowest BCUT2D eigenvalue weighted by molar-refractivity contribution is -0.143. The van der Waals surface area contributed by atoms with E-state index in [2.05, 4.69) is 45.2 Å². The number of alkyl halides is 2. The molecule has 1 unspecified atom stereocenters. The van der Waals surface area contributed by atoms with E-state index in [1.807, 2.05) is 47.4 Å². The van der Waals surface area contributed by atoms with Crippen molar-refractivity contribution in [3.05, 3.63) is 42.0 Å². The maximum atomic E-state index is 10.8. The molecule has 1 aromatic carbocycles. The highest BCUT2D eigenvalue weighted by atomic mass is 127. The summed E-state index contributed by atoms with van der Waals surface area (Å²) >= 11 is 4.35. The van der Waals surface area contributed by atoms with Gasteiger partial charge in [0.05, 0.1) is 0 Å². The number of esters is 1. The molecule has 0 amide bonds. The van der Waals surface area contributed by atoms with Crippen molar-refractivity contribution in [3.63, 3.8) is 0 Å². The van der Waals surface area contributed by atoms with Gasteiger partial charge < -0.3 is 4.74 Å². The number of rotatable bonds is 4. The molecule has 0 heterocycles. The van der Waals surface area contributed by atoms with Gasteiger partial charge in [0.1, 0.15) is 6.10 Å². The number of carbonyl (C=O) groups excluding carboxylic acids is 1. The number of hydrogen-bond acceptors (Lipinski definition) is 2. The first kappa shape index (κ1) is 20.2. The van der Waals surface area contributed by atoms with E-state index in [1.54, 1.807) is 0 Å². The summed E-state index contributed by atoms with van der Waals surface area (Å²) in [5, 5.41) is 0. The molecule has 0 saturated heterocycles. The Morgan fingerprint density at radius 3 is 2.33 bits per heavy atom. The van der Waals surface area contributed by atoms with Crippen LogP contribution in [0.1, 0.15) is 19.9 Å². The summed E-state index contributed by atoms with van der Waals surface area (Å²) in [5.41, 5.74) is 1.11. The smallest absolute Gasteiger partial charge is 0.303 e. The van der Waals surface area contributed by atoms with Gasteiger partial charge in [-0.15, -0.1) is 0 Å². The SMILES string of the molecule is C.CC(=O)OC(/C=C/c1ccccc1)CI.CI. The number of carbonyl (C=O) groups is 1. The lowest BCUT2D eigenvalue weighted by Crippen LogP contribution is -2.14. The second-order valence-corrected chi connectivity index (χ2v) is 3.95. The first-order chi connectivity index (χ1) is 8.22. The first-order valence-electron chi connectivity index (χ1n) is 5.06. The number of ether oxygens (including phenoxy) is 1. The van der Waals surface area contributed by atoms with Crippen molar-refractivity contribution in [3.8, 4) is 0 Å². The van der Waals surface area contributed by atoms with Gasteiger partial charge in [-0.05, 0) is 16.6 Å². The van der Waals surface area contributed by atoms with Crippen LogP contribution in [0.25, 0.3) is 6.08 Å². The Morgan fingerprint density at radius 2 is 1.89 bits per heavy atom. The van der Waals surface area contributed by atoms with Crippen LogP contribution < -0.4 is 0 Å². The third kappa shape index (κ3) is 9.87. The molecule has 2 nitrogen and oxygen atoms in total. The van der Waals surface area contributed by atoms with Crippen molar-refractivity contribution >= 4 is 57.2 Å². The topological polar surface area (TPSA) is 26.3 Å². The predicted octanol–water partition coefficient (Wildman–Crippen LogP) is 4.75. The quantitative estimate of drug-likeness (QED) is 0.358. The van der Waals surface area contributed by atoms with Gasteiger partial charge in [-0.25, -0.2) is 0 Å². The molecular weight excluding hydrogens is 454 g/mol. The maximum absolute atomic E-state index is 10.8. The van der Waals surface area contributed by atoms with E-state index < -0.39 is 0 Å². The van der Waals surface area contributed by atoms with Gasteiger partial charge in [-0.2, -0.15) is 0 Å². The molecule has 1 rings (SSSR count). The molecule has 0 saturated carbocycles. The summed E-state index contributed by atoms with van der Waals surface area (Å²) in [7, 11) is 0. The summed E-state index contributed by atoms with van der Waals surface area (Å²) in [6, 6.07) is 9.94. The minimum Gasteiger partial charge on any atom is -0.457 e. The van der Waals surface area contributed by atoms with Crippen LogP contribution in [0.5, 0.6) is 0 Å². The van der Waals surface area contributed by atoms with Gasteiger partial charge in [0.25, 0.3) is 0 Å². The van der Waals surface area contributed by atoms with E-state index >= 15 is 0 Å². The highest BCUT2D eigenvalue weighted by molar-refractivity contribution is 14.1. The molecule has 18 heavy (non-hydrogen) atoms. The second kappa shape index (κ2) is 13.3. The summed E-state index contributed by atoms with van der Waals surface area (Å²) in [6.07, 6.45) is 3.73. The zero-order valence-electron chi connectivity index (χ0n) is 9.90. The molecule has 102 valence electrons. The van der Waals surface area contributed by atoms with Gasteiger partial charge in [0, 0.05) is 11.4 Å². The van der Waals surface area contributed by atoms with Crippen LogP contribution in [-0.4, -0.2) is 21.4 Å². The van der Waals surface area contributed by atoms with E-state index in [9.17, 15) is 4.79 Å². The van der Waals surface area contributed by atoms with Crippen molar-refractivity contribution in [2.45, 2.75) is 20.5 Å². The minimum absolute atomic E-state index is 0. The third-order valence-electron chi connectivity index (χ3n) is 1.77. The van der Waals surface area contributed by atoms with Crippen molar-refractivity contribution in [2.75, 3.05) is 9.36 Å². The van der Waals surface area contributed by atoms with E-state index in [0.717, 1.165) is 9.99 Å². The molecule has 0 aromatic heterocycles. The van der Waals surface area contributed by atoms with Crippen LogP contribution in [-0.2, 0) is 9.53 Å². The average molecular weight is 474 g/mol. The maximum Gasteiger partial charge on any atom is 0.303 e. The van der Waals surface area contributed by atoms with Crippen molar-refractivity contribution in [1.82, 2.24) is 0 Å². The molecule has 0 radical (unpaired) electrons. The Morgan fingerprint density at radius 1 is 1.33 bits per heavy atom. The molecule has 0 aliphatic carbocycles. The van der Waals surface area contributed by atoms with E-state index in [1.165, 1.54) is 6.92 Å². The van der Waals surface area contributed by atoms with Gasteiger partial charge in [0.15, 0.2) is 0 Å². The standard InChI is InChI=1S/C12H13IO2.CH3I.CH4/c1-10(14)15-12(9-13)8-7-11-5-3-2-4-6-11;1-2;/h2-8,12H,9H2,1H3;1H3;1H4/b8-7+;;. The van der Waals surface area contributed by atoms with Crippen molar-refractivity contribution in [2.24, 2.45) is 0 Å². The number of benzene rings is 1. The monoisotopic (exact) mass is 474 g/mol. The molecular formula is C14H20I2O2. The summed E-state index contributed by atoms with van der Waals surface area (Å²) in [5.74, 6) is -0.241. The Balaban J connectivity index is 0. The van der Waals surface area contributed by atoms with Crippen LogP contribution in [0.4, 0.5) is 0 Å². The van der Waals surface area contributed by atoms with Gasteiger partial charge in [0.2, 0.25) is 0 Å². The minimum atomic E-state index is -0.241. The molecule has 0 bridgehead atoms. The predicted molar refractivity (Wildman–Crippen MR) is 96.6 cm³/mol. The van der Waals surface area contributed by atoms with Crippen molar-refractivity contribution in [1.29, 1.82) is 0 Å². The van der Waals surface area contributed by atoms with E-state index in [4.69, 9.17) is 4.74 Å². The number of halogens is 2. The van der Waals surface area contributed by atoms with Crippen LogP contribution >= 0.6 is 45.2 Å². The Kier molecular flexibility index (Phi) is 15.0. The molecule has 4 heteroatoms. The Hall–Kier alpha value is -0.110. The molecule has 0 spiro atoms. The van der Waals surface area contributed by atoms with Crippen LogP contribution in [0.15, 0.2) is 36.4 Å². The highest BCUT2D eigenvalue weighted by Crippen LogP contribution is 2.06. The van der Waals surface area contributed by atoms with Gasteiger partial charge in [-0.1, -0.05) is 89.0 Å². The zero-order chi connectivity index (χ0) is 13.1. The summed E-state index contributed by atoms with van der Waals surface area (Å²) < 4.78 is 5.85. The van der Waals surface area contributed by atoms with E-state index in [-0.39, 0.29) is 19.5 Å². The highest BCUT2D eigenvalue weighted by Gasteiger charge is 2.04. The zero-order valence-corrected chi connectivity index (χ0v) is 14.2. The lowest BCUT2D eigenvalue weighted by Gasteiger charge is -2.08. The Bertz CT molecular complexity index is 337.